The van der Waals surface area contributed by atoms with Crippen LogP contribution >= 0.6 is 0 Å². The first kappa shape index (κ1) is 26.5. The van der Waals surface area contributed by atoms with Crippen LogP contribution in [0.25, 0.3) is 11.4 Å². The van der Waals surface area contributed by atoms with Gasteiger partial charge in [-0.05, 0) is 42.5 Å². The van der Waals surface area contributed by atoms with E-state index in [9.17, 15) is 9.90 Å². The van der Waals surface area contributed by atoms with Gasteiger partial charge in [0.05, 0.1) is 0 Å². The number of pyridine rings is 1. The van der Waals surface area contributed by atoms with Crippen LogP contribution in [0.2, 0.25) is 0 Å². The number of aromatic nitrogens is 3. The van der Waals surface area contributed by atoms with E-state index in [-0.39, 0.29) is 23.2 Å². The molecule has 0 unspecified atom stereocenters. The van der Waals surface area contributed by atoms with Crippen molar-refractivity contribution in [2.75, 3.05) is 33.2 Å². The van der Waals surface area contributed by atoms with Gasteiger partial charge < -0.3 is 19.4 Å². The fourth-order valence-electron chi connectivity index (χ4n) is 6.41. The molecule has 1 amide bonds. The average Bonchev–Trinajstić information content (AvgIpc) is 3.37. The number of hydrogen-bond donors (Lipinski definition) is 1. The molecular weight excluding hydrogens is 478 g/mol. The maximum absolute atomic E-state index is 12.5. The van der Waals surface area contributed by atoms with Gasteiger partial charge in [0, 0.05) is 68.0 Å². The summed E-state index contributed by atoms with van der Waals surface area (Å²) in [5.74, 6) is 1.89. The summed E-state index contributed by atoms with van der Waals surface area (Å²) in [6.07, 6.45) is 4.26. The van der Waals surface area contributed by atoms with Crippen molar-refractivity contribution in [3.8, 4) is 11.4 Å². The molecule has 1 N–H and O–H groups in total. The highest BCUT2D eigenvalue weighted by molar-refractivity contribution is 5.73. The normalized spacial score (nSPS) is 23.2. The first-order valence-electron chi connectivity index (χ1n) is 13.6. The molecule has 0 aliphatic carbocycles. The van der Waals surface area contributed by atoms with Crippen LogP contribution in [-0.4, -0.2) is 69.2 Å². The lowest BCUT2D eigenvalue weighted by molar-refractivity contribution is -0.130. The summed E-state index contributed by atoms with van der Waals surface area (Å²) < 4.78 is 5.72. The first-order valence-corrected chi connectivity index (χ1v) is 13.6. The number of amides is 1. The number of hydrogen-bond acceptors (Lipinski definition) is 7. The molecule has 8 nitrogen and oxygen atoms in total. The Morgan fingerprint density at radius 3 is 2.50 bits per heavy atom. The summed E-state index contributed by atoms with van der Waals surface area (Å²) in [6, 6.07) is 10.3. The molecule has 202 valence electrons. The SMILES string of the molecule is CC(=O)N1CC[C@H](c2nc(-c3cncc([C@@](O)(c4ccc(C(C)C)cc4)C4(C)CN(C)C4)c3)no2)[C@H](C)C1. The topological polar surface area (TPSA) is 95.6 Å². The molecule has 1 aromatic carbocycles. The minimum atomic E-state index is -1.24. The smallest absolute Gasteiger partial charge is 0.230 e. The van der Waals surface area contributed by atoms with E-state index in [0.717, 1.165) is 30.6 Å². The van der Waals surface area contributed by atoms with E-state index in [1.54, 1.807) is 19.3 Å². The third-order valence-corrected chi connectivity index (χ3v) is 8.63. The van der Waals surface area contributed by atoms with Crippen LogP contribution in [0.15, 0.2) is 47.2 Å². The van der Waals surface area contributed by atoms with Crippen molar-refractivity contribution in [2.24, 2.45) is 11.3 Å². The molecule has 5 rings (SSSR count). The number of carbonyl (C=O) groups is 1. The number of piperidine rings is 1. The molecule has 2 aliphatic heterocycles. The lowest BCUT2D eigenvalue weighted by atomic mass is 9.62. The zero-order valence-corrected chi connectivity index (χ0v) is 23.3. The van der Waals surface area contributed by atoms with Crippen molar-refractivity contribution in [1.29, 1.82) is 0 Å². The molecule has 0 saturated carbocycles. The second kappa shape index (κ2) is 9.89. The van der Waals surface area contributed by atoms with Crippen LogP contribution in [0.1, 0.15) is 75.5 Å². The van der Waals surface area contributed by atoms with Gasteiger partial charge in [0.1, 0.15) is 5.60 Å². The van der Waals surface area contributed by atoms with Gasteiger partial charge >= 0.3 is 0 Å². The summed E-state index contributed by atoms with van der Waals surface area (Å²) in [4.78, 5) is 25.2. The molecule has 3 atom stereocenters. The fraction of sp³-hybridized carbons (Fsp3) is 0.533. The van der Waals surface area contributed by atoms with Crippen LogP contribution < -0.4 is 0 Å². The Kier molecular flexibility index (Phi) is 6.90. The summed E-state index contributed by atoms with van der Waals surface area (Å²) in [5, 5.41) is 16.8. The number of carbonyl (C=O) groups excluding carboxylic acids is 1. The van der Waals surface area contributed by atoms with Gasteiger partial charge in [0.2, 0.25) is 17.6 Å². The molecule has 2 aliphatic rings. The van der Waals surface area contributed by atoms with E-state index in [4.69, 9.17) is 9.51 Å². The van der Waals surface area contributed by atoms with Crippen LogP contribution in [-0.2, 0) is 10.4 Å². The standard InChI is InChI=1S/C30H39N5O3/c1-19(2)22-7-9-24(10-8-22)30(37,29(5)17-34(6)18-29)25-13-23(14-31-15-25)27-32-28(38-33-27)26-11-12-35(21(4)36)16-20(26)3/h7-10,13-15,19-20,26,37H,11-12,16-18H2,1-6H3/t20-,26+,30+/m1/s1. The molecule has 0 radical (unpaired) electrons. The Labute approximate surface area is 225 Å². The van der Waals surface area contributed by atoms with E-state index in [1.165, 1.54) is 5.56 Å². The maximum Gasteiger partial charge on any atom is 0.230 e. The summed E-state index contributed by atoms with van der Waals surface area (Å²) in [7, 11) is 2.07. The van der Waals surface area contributed by atoms with Crippen LogP contribution in [0.4, 0.5) is 0 Å². The van der Waals surface area contributed by atoms with E-state index >= 15 is 0 Å². The summed E-state index contributed by atoms with van der Waals surface area (Å²) in [6.45, 7) is 13.1. The number of aliphatic hydroxyl groups is 1. The minimum absolute atomic E-state index is 0.0992. The molecule has 0 spiro atoms. The Hall–Kier alpha value is -3.10. The van der Waals surface area contributed by atoms with E-state index < -0.39 is 5.60 Å². The van der Waals surface area contributed by atoms with Crippen molar-refractivity contribution in [1.82, 2.24) is 24.9 Å². The van der Waals surface area contributed by atoms with Crippen molar-refractivity contribution in [2.45, 2.75) is 58.5 Å². The lowest BCUT2D eigenvalue weighted by Crippen LogP contribution is -2.63. The summed E-state index contributed by atoms with van der Waals surface area (Å²) in [5.41, 5.74) is 1.90. The Bertz CT molecular complexity index is 1300. The Balaban J connectivity index is 1.48. The quantitative estimate of drug-likeness (QED) is 0.517. The van der Waals surface area contributed by atoms with E-state index in [0.29, 0.717) is 36.3 Å². The molecule has 4 heterocycles. The lowest BCUT2D eigenvalue weighted by Gasteiger charge is -2.55. The van der Waals surface area contributed by atoms with Gasteiger partial charge in [0.25, 0.3) is 0 Å². The van der Waals surface area contributed by atoms with Crippen LogP contribution in [0.5, 0.6) is 0 Å². The van der Waals surface area contributed by atoms with Crippen molar-refractivity contribution in [3.63, 3.8) is 0 Å². The van der Waals surface area contributed by atoms with Crippen molar-refractivity contribution >= 4 is 5.91 Å². The van der Waals surface area contributed by atoms with Gasteiger partial charge in [-0.15, -0.1) is 0 Å². The largest absolute Gasteiger partial charge is 0.380 e. The monoisotopic (exact) mass is 517 g/mol. The molecule has 0 bridgehead atoms. The zero-order valence-electron chi connectivity index (χ0n) is 23.3. The average molecular weight is 518 g/mol. The fourth-order valence-corrected chi connectivity index (χ4v) is 6.41. The van der Waals surface area contributed by atoms with Crippen LogP contribution in [0.3, 0.4) is 0 Å². The number of benzene rings is 1. The second-order valence-corrected chi connectivity index (χ2v) is 12.0. The Morgan fingerprint density at radius 1 is 1.18 bits per heavy atom. The highest BCUT2D eigenvalue weighted by Crippen LogP contribution is 2.50. The van der Waals surface area contributed by atoms with Gasteiger partial charge in [-0.2, -0.15) is 4.98 Å². The highest BCUT2D eigenvalue weighted by Gasteiger charge is 2.55. The van der Waals surface area contributed by atoms with E-state index in [1.807, 2.05) is 23.1 Å². The Morgan fingerprint density at radius 2 is 1.89 bits per heavy atom. The molecule has 2 fully saturated rings. The van der Waals surface area contributed by atoms with Gasteiger partial charge in [0.15, 0.2) is 0 Å². The molecule has 8 heteroatoms. The predicted molar refractivity (Wildman–Crippen MR) is 145 cm³/mol. The molecule has 2 aromatic heterocycles. The minimum Gasteiger partial charge on any atom is -0.380 e. The van der Waals surface area contributed by atoms with Crippen molar-refractivity contribution < 1.29 is 14.4 Å². The zero-order chi connectivity index (χ0) is 27.2. The second-order valence-electron chi connectivity index (χ2n) is 12.0. The number of likely N-dealkylation sites (tertiary alicyclic amines) is 2. The molecule has 2 saturated heterocycles. The van der Waals surface area contributed by atoms with E-state index in [2.05, 4.69) is 61.9 Å². The van der Waals surface area contributed by atoms with Gasteiger partial charge in [-0.25, -0.2) is 0 Å². The first-order chi connectivity index (χ1) is 18.0. The van der Waals surface area contributed by atoms with Gasteiger partial charge in [-0.1, -0.05) is 57.1 Å². The van der Waals surface area contributed by atoms with Crippen LogP contribution in [0, 0.1) is 11.3 Å². The predicted octanol–water partition coefficient (Wildman–Crippen LogP) is 4.41. The third-order valence-electron chi connectivity index (χ3n) is 8.63. The molecular formula is C30H39N5O3. The number of rotatable bonds is 6. The third kappa shape index (κ3) is 4.54. The van der Waals surface area contributed by atoms with Gasteiger partial charge in [-0.3, -0.25) is 9.78 Å². The molecule has 3 aromatic rings. The van der Waals surface area contributed by atoms with Crippen molar-refractivity contribution in [3.05, 3.63) is 65.3 Å². The maximum atomic E-state index is 12.5. The highest BCUT2D eigenvalue weighted by atomic mass is 16.5. The number of nitrogens with zero attached hydrogens (tertiary/aromatic N) is 5. The molecule has 38 heavy (non-hydrogen) atoms. The summed E-state index contributed by atoms with van der Waals surface area (Å²) >= 11 is 0.